The van der Waals surface area contributed by atoms with Gasteiger partial charge in [-0.1, -0.05) is 11.6 Å². The lowest BCUT2D eigenvalue weighted by molar-refractivity contribution is -0.384. The zero-order chi connectivity index (χ0) is 17.8. The largest absolute Gasteiger partial charge is 0.416 e. The summed E-state index contributed by atoms with van der Waals surface area (Å²) in [5.41, 5.74) is -4.47. The van der Waals surface area contributed by atoms with Gasteiger partial charge in [-0.15, -0.1) is 0 Å². The molecule has 0 fully saturated rings. The number of allylic oxidation sites excluding steroid dienone is 2. The van der Waals surface area contributed by atoms with Crippen LogP contribution in [0, 0.1) is 44.1 Å². The molecule has 1 aromatic carbocycles. The van der Waals surface area contributed by atoms with Crippen molar-refractivity contribution in [3.63, 3.8) is 0 Å². The molecule has 0 saturated heterocycles. The number of nitriles is 3. The Balaban J connectivity index is 3.61. The van der Waals surface area contributed by atoms with Gasteiger partial charge in [0, 0.05) is 6.07 Å². The molecule has 0 radical (unpaired) electrons. The Morgan fingerprint density at radius 3 is 2.17 bits per heavy atom. The lowest BCUT2D eigenvalue weighted by atomic mass is 10.1. The van der Waals surface area contributed by atoms with E-state index in [1.807, 2.05) is 5.32 Å². The van der Waals surface area contributed by atoms with Crippen molar-refractivity contribution in [2.75, 3.05) is 5.32 Å². The summed E-state index contributed by atoms with van der Waals surface area (Å²) >= 11 is 5.65. The molecule has 0 aliphatic rings. The maximum Gasteiger partial charge on any atom is 0.416 e. The summed E-state index contributed by atoms with van der Waals surface area (Å²) in [4.78, 5) is 9.67. The van der Waals surface area contributed by atoms with Crippen molar-refractivity contribution in [3.05, 3.63) is 44.1 Å². The van der Waals surface area contributed by atoms with Crippen LogP contribution < -0.4 is 5.32 Å². The van der Waals surface area contributed by atoms with E-state index in [1.165, 1.54) is 18.2 Å². The van der Waals surface area contributed by atoms with Gasteiger partial charge in [-0.2, -0.15) is 29.0 Å². The van der Waals surface area contributed by atoms with Crippen molar-refractivity contribution >= 4 is 23.0 Å². The minimum atomic E-state index is -4.91. The van der Waals surface area contributed by atoms with Gasteiger partial charge in [0.2, 0.25) is 0 Å². The highest BCUT2D eigenvalue weighted by molar-refractivity contribution is 6.35. The monoisotopic (exact) mass is 341 g/mol. The second-order valence-electron chi connectivity index (χ2n) is 3.82. The highest BCUT2D eigenvalue weighted by Gasteiger charge is 2.34. The predicted molar refractivity (Wildman–Crippen MR) is 70.6 cm³/mol. The number of nitrogens with one attached hydrogen (secondary N) is 1. The summed E-state index contributed by atoms with van der Waals surface area (Å²) in [6.45, 7) is 0. The molecule has 0 amide bonds. The standard InChI is InChI=1S/C12H3ClF3N5O2/c13-11-8(20-9(5-19)6(3-17)4-18)1-7(12(14,15)16)2-10(11)21(22)23/h1-2,20H. The number of rotatable bonds is 3. The van der Waals surface area contributed by atoms with Gasteiger partial charge < -0.3 is 5.32 Å². The number of halogens is 4. The number of hydrogen-bond donors (Lipinski definition) is 1. The van der Waals surface area contributed by atoms with Crippen LogP contribution in [-0.2, 0) is 6.18 Å². The minimum absolute atomic E-state index is 0.235. The molecule has 0 aliphatic heterocycles. The fourth-order valence-corrected chi connectivity index (χ4v) is 1.64. The van der Waals surface area contributed by atoms with Gasteiger partial charge in [-0.05, 0) is 6.07 Å². The molecule has 23 heavy (non-hydrogen) atoms. The fraction of sp³-hybridized carbons (Fsp3) is 0.0833. The summed E-state index contributed by atoms with van der Waals surface area (Å²) in [7, 11) is 0. The van der Waals surface area contributed by atoms with E-state index in [9.17, 15) is 23.3 Å². The van der Waals surface area contributed by atoms with Crippen molar-refractivity contribution in [2.24, 2.45) is 0 Å². The molecule has 0 bridgehead atoms. The van der Waals surface area contributed by atoms with Gasteiger partial charge in [0.15, 0.2) is 5.57 Å². The van der Waals surface area contributed by atoms with Crippen molar-refractivity contribution in [3.8, 4) is 18.2 Å². The van der Waals surface area contributed by atoms with Crippen molar-refractivity contribution in [1.29, 1.82) is 15.8 Å². The Bertz CT molecular complexity index is 811. The minimum Gasteiger partial charge on any atom is -0.344 e. The van der Waals surface area contributed by atoms with Crippen LogP contribution >= 0.6 is 11.6 Å². The molecule has 0 aliphatic carbocycles. The van der Waals surface area contributed by atoms with Crippen molar-refractivity contribution < 1.29 is 18.1 Å². The Labute approximate surface area is 131 Å². The third-order valence-corrected chi connectivity index (χ3v) is 2.82. The number of anilines is 1. The maximum absolute atomic E-state index is 12.8. The van der Waals surface area contributed by atoms with Gasteiger partial charge in [0.25, 0.3) is 5.69 Å². The van der Waals surface area contributed by atoms with E-state index >= 15 is 0 Å². The Morgan fingerprint density at radius 1 is 1.22 bits per heavy atom. The van der Waals surface area contributed by atoms with Gasteiger partial charge in [0.1, 0.15) is 28.9 Å². The lowest BCUT2D eigenvalue weighted by Gasteiger charge is -2.12. The number of nitrogens with zero attached hydrogens (tertiary/aromatic N) is 4. The third kappa shape index (κ3) is 3.88. The average molecular weight is 342 g/mol. The molecular formula is C12H3ClF3N5O2. The van der Waals surface area contributed by atoms with E-state index in [-0.39, 0.29) is 6.07 Å². The number of hydrogen-bond acceptors (Lipinski definition) is 6. The topological polar surface area (TPSA) is 127 Å². The highest BCUT2D eigenvalue weighted by atomic mass is 35.5. The molecule has 11 heteroatoms. The van der Waals surface area contributed by atoms with E-state index in [4.69, 9.17) is 27.4 Å². The van der Waals surface area contributed by atoms with Crippen LogP contribution in [0.2, 0.25) is 5.02 Å². The summed E-state index contributed by atoms with van der Waals surface area (Å²) < 4.78 is 38.3. The number of alkyl halides is 3. The molecule has 1 rings (SSSR count). The summed E-state index contributed by atoms with van der Waals surface area (Å²) in [6, 6.07) is 4.78. The van der Waals surface area contributed by atoms with E-state index in [0.29, 0.717) is 6.07 Å². The van der Waals surface area contributed by atoms with Crippen molar-refractivity contribution in [2.45, 2.75) is 6.18 Å². The van der Waals surface area contributed by atoms with Crippen LogP contribution in [0.3, 0.4) is 0 Å². The molecular weight excluding hydrogens is 339 g/mol. The van der Waals surface area contributed by atoms with E-state index in [1.54, 1.807) is 0 Å². The van der Waals surface area contributed by atoms with E-state index in [0.717, 1.165) is 0 Å². The Hall–Kier alpha value is -3.29. The van der Waals surface area contributed by atoms with Crippen LogP contribution in [0.5, 0.6) is 0 Å². The Kier molecular flexibility index (Phi) is 5.13. The molecule has 7 nitrogen and oxygen atoms in total. The van der Waals surface area contributed by atoms with E-state index < -0.39 is 44.3 Å². The molecule has 0 spiro atoms. The summed E-state index contributed by atoms with van der Waals surface area (Å²) in [5, 5.41) is 38.3. The molecule has 0 heterocycles. The Morgan fingerprint density at radius 2 is 1.78 bits per heavy atom. The normalized spacial score (nSPS) is 9.96. The molecule has 116 valence electrons. The smallest absolute Gasteiger partial charge is 0.344 e. The number of benzene rings is 1. The first kappa shape index (κ1) is 17.8. The SMILES string of the molecule is N#CC(C#N)=C(C#N)Nc1cc(C(F)(F)F)cc([N+](=O)[O-])c1Cl. The first-order valence-corrected chi connectivity index (χ1v) is 5.80. The quantitative estimate of drug-likeness (QED) is 0.509. The van der Waals surface area contributed by atoms with Crippen LogP contribution in [0.15, 0.2) is 23.4 Å². The number of nitro benzene ring substituents is 1. The average Bonchev–Trinajstić information content (AvgIpc) is 2.47. The second kappa shape index (κ2) is 6.65. The van der Waals surface area contributed by atoms with Crippen LogP contribution in [0.25, 0.3) is 0 Å². The van der Waals surface area contributed by atoms with Gasteiger partial charge >= 0.3 is 6.18 Å². The first-order valence-electron chi connectivity index (χ1n) is 5.42. The zero-order valence-corrected chi connectivity index (χ0v) is 11.5. The maximum atomic E-state index is 12.8. The fourth-order valence-electron chi connectivity index (χ4n) is 1.41. The molecule has 0 saturated carbocycles. The predicted octanol–water partition coefficient (Wildman–Crippen LogP) is 3.50. The van der Waals surface area contributed by atoms with Gasteiger partial charge in [-0.3, -0.25) is 10.1 Å². The molecule has 0 aromatic heterocycles. The molecule has 1 N–H and O–H groups in total. The first-order chi connectivity index (χ1) is 10.6. The summed E-state index contributed by atoms with van der Waals surface area (Å²) in [6.07, 6.45) is -4.91. The zero-order valence-electron chi connectivity index (χ0n) is 10.8. The van der Waals surface area contributed by atoms with Gasteiger partial charge in [-0.25, -0.2) is 0 Å². The van der Waals surface area contributed by atoms with Crippen LogP contribution in [0.1, 0.15) is 5.56 Å². The van der Waals surface area contributed by atoms with Crippen LogP contribution in [-0.4, -0.2) is 4.92 Å². The number of nitro groups is 1. The van der Waals surface area contributed by atoms with E-state index in [2.05, 4.69) is 0 Å². The molecule has 0 atom stereocenters. The third-order valence-electron chi connectivity index (χ3n) is 2.42. The highest BCUT2D eigenvalue weighted by Crippen LogP contribution is 2.40. The van der Waals surface area contributed by atoms with Gasteiger partial charge in [0.05, 0.1) is 16.2 Å². The van der Waals surface area contributed by atoms with Crippen LogP contribution in [0.4, 0.5) is 24.5 Å². The summed E-state index contributed by atoms with van der Waals surface area (Å²) in [5.74, 6) is 0. The lowest BCUT2D eigenvalue weighted by Crippen LogP contribution is -2.09. The van der Waals surface area contributed by atoms with Crippen molar-refractivity contribution in [1.82, 2.24) is 0 Å². The molecule has 0 unspecified atom stereocenters. The second-order valence-corrected chi connectivity index (χ2v) is 4.20. The molecule has 1 aromatic rings.